The standard InChI is InChI=1S/C18H24N2O/c1-18(2,21)15-20(14-16-8-4-3-5-9-16)13-11-17-10-6-7-12-19-17/h3-10,12,21H,11,13-15H2,1-2H3. The second-order valence-corrected chi connectivity index (χ2v) is 6.08. The van der Waals surface area contributed by atoms with E-state index in [0.717, 1.165) is 25.2 Å². The van der Waals surface area contributed by atoms with E-state index in [1.807, 2.05) is 44.3 Å². The molecule has 0 aliphatic heterocycles. The first-order chi connectivity index (χ1) is 10.0. The average molecular weight is 284 g/mol. The molecule has 112 valence electrons. The second kappa shape index (κ2) is 7.34. The molecule has 3 nitrogen and oxygen atoms in total. The molecule has 0 radical (unpaired) electrons. The van der Waals surface area contributed by atoms with E-state index in [9.17, 15) is 5.11 Å². The van der Waals surface area contributed by atoms with E-state index in [4.69, 9.17) is 0 Å². The van der Waals surface area contributed by atoms with Crippen LogP contribution in [0.4, 0.5) is 0 Å². The molecule has 1 aromatic carbocycles. The fourth-order valence-corrected chi connectivity index (χ4v) is 2.42. The van der Waals surface area contributed by atoms with Crippen molar-refractivity contribution in [3.63, 3.8) is 0 Å². The highest BCUT2D eigenvalue weighted by Crippen LogP contribution is 2.11. The number of aromatic nitrogens is 1. The first-order valence-electron chi connectivity index (χ1n) is 7.41. The average Bonchev–Trinajstić information content (AvgIpc) is 2.45. The van der Waals surface area contributed by atoms with Crippen molar-refractivity contribution in [2.24, 2.45) is 0 Å². The Kier molecular flexibility index (Phi) is 5.48. The molecule has 1 heterocycles. The predicted octanol–water partition coefficient (Wildman–Crippen LogP) is 2.90. The molecule has 0 saturated carbocycles. The molecular formula is C18H24N2O. The fraction of sp³-hybridized carbons (Fsp3) is 0.389. The fourth-order valence-electron chi connectivity index (χ4n) is 2.42. The Morgan fingerprint density at radius 2 is 1.76 bits per heavy atom. The summed E-state index contributed by atoms with van der Waals surface area (Å²) in [6.07, 6.45) is 2.72. The number of aliphatic hydroxyl groups is 1. The Morgan fingerprint density at radius 3 is 2.38 bits per heavy atom. The molecule has 0 fully saturated rings. The molecule has 3 heteroatoms. The van der Waals surface area contributed by atoms with Crippen LogP contribution in [0, 0.1) is 0 Å². The van der Waals surface area contributed by atoms with Crippen molar-refractivity contribution in [1.29, 1.82) is 0 Å². The van der Waals surface area contributed by atoms with Gasteiger partial charge in [0.2, 0.25) is 0 Å². The van der Waals surface area contributed by atoms with Gasteiger partial charge in [-0.05, 0) is 31.5 Å². The molecule has 0 saturated heterocycles. The van der Waals surface area contributed by atoms with Crippen LogP contribution < -0.4 is 0 Å². The maximum absolute atomic E-state index is 10.1. The van der Waals surface area contributed by atoms with Crippen LogP contribution in [0.5, 0.6) is 0 Å². The van der Waals surface area contributed by atoms with Crippen molar-refractivity contribution in [2.75, 3.05) is 13.1 Å². The van der Waals surface area contributed by atoms with E-state index in [0.29, 0.717) is 6.54 Å². The van der Waals surface area contributed by atoms with E-state index in [1.54, 1.807) is 0 Å². The lowest BCUT2D eigenvalue weighted by Crippen LogP contribution is -2.39. The summed E-state index contributed by atoms with van der Waals surface area (Å²) in [5, 5.41) is 10.1. The zero-order valence-corrected chi connectivity index (χ0v) is 12.9. The minimum absolute atomic E-state index is 0.648. The molecule has 2 aromatic rings. The van der Waals surface area contributed by atoms with Crippen molar-refractivity contribution >= 4 is 0 Å². The maximum Gasteiger partial charge on any atom is 0.0718 e. The third-order valence-electron chi connectivity index (χ3n) is 3.27. The van der Waals surface area contributed by atoms with Crippen molar-refractivity contribution in [2.45, 2.75) is 32.4 Å². The lowest BCUT2D eigenvalue weighted by Gasteiger charge is -2.29. The SMILES string of the molecule is CC(C)(O)CN(CCc1ccccn1)Cc1ccccc1. The summed E-state index contributed by atoms with van der Waals surface area (Å²) in [7, 11) is 0. The lowest BCUT2D eigenvalue weighted by atomic mass is 10.1. The maximum atomic E-state index is 10.1. The number of benzene rings is 1. The highest BCUT2D eigenvalue weighted by molar-refractivity contribution is 5.14. The number of rotatable bonds is 7. The quantitative estimate of drug-likeness (QED) is 0.849. The van der Waals surface area contributed by atoms with Crippen LogP contribution in [-0.4, -0.2) is 33.7 Å². The highest BCUT2D eigenvalue weighted by atomic mass is 16.3. The van der Waals surface area contributed by atoms with Gasteiger partial charge in [-0.15, -0.1) is 0 Å². The number of hydrogen-bond acceptors (Lipinski definition) is 3. The van der Waals surface area contributed by atoms with Gasteiger partial charge in [-0.2, -0.15) is 0 Å². The van der Waals surface area contributed by atoms with Gasteiger partial charge >= 0.3 is 0 Å². The molecule has 2 rings (SSSR count). The predicted molar refractivity (Wildman–Crippen MR) is 86.0 cm³/mol. The molecule has 1 N–H and O–H groups in total. The molecule has 0 bridgehead atoms. The molecule has 1 aromatic heterocycles. The summed E-state index contributed by atoms with van der Waals surface area (Å²) >= 11 is 0. The molecule has 0 spiro atoms. The Balaban J connectivity index is 1.98. The van der Waals surface area contributed by atoms with Crippen LogP contribution in [0.2, 0.25) is 0 Å². The van der Waals surface area contributed by atoms with Crippen molar-refractivity contribution in [3.8, 4) is 0 Å². The smallest absolute Gasteiger partial charge is 0.0718 e. The van der Waals surface area contributed by atoms with Gasteiger partial charge in [-0.25, -0.2) is 0 Å². The third-order valence-corrected chi connectivity index (χ3v) is 3.27. The van der Waals surface area contributed by atoms with Crippen LogP contribution in [-0.2, 0) is 13.0 Å². The van der Waals surface area contributed by atoms with Crippen LogP contribution in [0.25, 0.3) is 0 Å². The van der Waals surface area contributed by atoms with Gasteiger partial charge in [-0.1, -0.05) is 36.4 Å². The third kappa shape index (κ3) is 6.06. The summed E-state index contributed by atoms with van der Waals surface area (Å²) in [5.74, 6) is 0. The first kappa shape index (κ1) is 15.7. The van der Waals surface area contributed by atoms with E-state index in [1.165, 1.54) is 5.56 Å². The van der Waals surface area contributed by atoms with Gasteiger partial charge in [0, 0.05) is 37.9 Å². The number of pyridine rings is 1. The Morgan fingerprint density at radius 1 is 1.05 bits per heavy atom. The van der Waals surface area contributed by atoms with Crippen LogP contribution in [0.15, 0.2) is 54.7 Å². The van der Waals surface area contributed by atoms with Gasteiger partial charge in [0.1, 0.15) is 0 Å². The monoisotopic (exact) mass is 284 g/mol. The summed E-state index contributed by atoms with van der Waals surface area (Å²) in [6, 6.07) is 16.4. The molecular weight excluding hydrogens is 260 g/mol. The summed E-state index contributed by atoms with van der Waals surface area (Å²) in [4.78, 5) is 6.65. The normalized spacial score (nSPS) is 11.8. The van der Waals surface area contributed by atoms with Gasteiger partial charge in [0.05, 0.1) is 5.60 Å². The summed E-state index contributed by atoms with van der Waals surface area (Å²) in [5.41, 5.74) is 1.66. The lowest BCUT2D eigenvalue weighted by molar-refractivity contribution is 0.0338. The number of hydrogen-bond donors (Lipinski definition) is 1. The highest BCUT2D eigenvalue weighted by Gasteiger charge is 2.18. The summed E-state index contributed by atoms with van der Waals surface area (Å²) < 4.78 is 0. The molecule has 0 aliphatic carbocycles. The summed E-state index contributed by atoms with van der Waals surface area (Å²) in [6.45, 7) is 6.08. The zero-order chi connectivity index (χ0) is 15.1. The Bertz CT molecular complexity index is 520. The van der Waals surface area contributed by atoms with Crippen LogP contribution >= 0.6 is 0 Å². The molecule has 0 atom stereocenters. The minimum Gasteiger partial charge on any atom is -0.389 e. The molecule has 0 aliphatic rings. The van der Waals surface area contributed by atoms with Gasteiger partial charge in [0.15, 0.2) is 0 Å². The molecule has 0 amide bonds. The number of nitrogens with zero attached hydrogens (tertiary/aromatic N) is 2. The topological polar surface area (TPSA) is 36.4 Å². The van der Waals surface area contributed by atoms with Gasteiger partial charge in [-0.3, -0.25) is 9.88 Å². The Labute approximate surface area is 127 Å². The van der Waals surface area contributed by atoms with Crippen LogP contribution in [0.1, 0.15) is 25.1 Å². The molecule has 21 heavy (non-hydrogen) atoms. The van der Waals surface area contributed by atoms with Gasteiger partial charge in [0.25, 0.3) is 0 Å². The first-order valence-corrected chi connectivity index (χ1v) is 7.41. The Hall–Kier alpha value is -1.71. The largest absolute Gasteiger partial charge is 0.389 e. The van der Waals surface area contributed by atoms with Crippen molar-refractivity contribution < 1.29 is 5.11 Å². The second-order valence-electron chi connectivity index (χ2n) is 6.08. The van der Waals surface area contributed by atoms with Crippen molar-refractivity contribution in [3.05, 3.63) is 66.0 Å². The van der Waals surface area contributed by atoms with E-state index >= 15 is 0 Å². The zero-order valence-electron chi connectivity index (χ0n) is 12.9. The molecule has 0 unspecified atom stereocenters. The van der Waals surface area contributed by atoms with E-state index in [-0.39, 0.29) is 0 Å². The minimum atomic E-state index is -0.696. The van der Waals surface area contributed by atoms with Crippen molar-refractivity contribution in [1.82, 2.24) is 9.88 Å². The van der Waals surface area contributed by atoms with E-state index < -0.39 is 5.60 Å². The van der Waals surface area contributed by atoms with Crippen LogP contribution in [0.3, 0.4) is 0 Å². The van der Waals surface area contributed by atoms with E-state index in [2.05, 4.69) is 34.1 Å². The van der Waals surface area contributed by atoms with Gasteiger partial charge < -0.3 is 5.11 Å².